The van der Waals surface area contributed by atoms with Crippen LogP contribution in [0.1, 0.15) is 12.8 Å². The molecule has 0 rings (SSSR count). The number of aliphatic imine (C=N–C) groups is 1. The number of carbonyl (C=O) groups is 1. The first-order valence-corrected chi connectivity index (χ1v) is 3.98. The second kappa shape index (κ2) is 10.5. The van der Waals surface area contributed by atoms with Crippen molar-refractivity contribution < 1.29 is 72.9 Å². The zero-order valence-electron chi connectivity index (χ0n) is 8.56. The average molecular weight is 287 g/mol. The first kappa shape index (κ1) is 17.4. The summed E-state index contributed by atoms with van der Waals surface area (Å²) >= 11 is 0. The number of nitrogens with two attached hydrogens (primary N) is 2. The van der Waals surface area contributed by atoms with Crippen LogP contribution < -0.4 is 75.0 Å². The van der Waals surface area contributed by atoms with Crippen LogP contribution in [-0.2, 0) is 9.59 Å². The van der Waals surface area contributed by atoms with Crippen LogP contribution in [0.25, 0.3) is 0 Å². The van der Waals surface area contributed by atoms with Gasteiger partial charge in [0.25, 0.3) is 0 Å². The minimum absolute atomic E-state index is 0. The summed E-state index contributed by atoms with van der Waals surface area (Å²) in [5.41, 5.74) is 10.1. The van der Waals surface area contributed by atoms with Crippen LogP contribution in [0, 0.1) is 0 Å². The van der Waals surface area contributed by atoms with Crippen molar-refractivity contribution in [2.24, 2.45) is 16.5 Å². The summed E-state index contributed by atoms with van der Waals surface area (Å²) in [6, 6.07) is -0.929. The maximum absolute atomic E-state index is 10.5. The first-order chi connectivity index (χ1) is 6.57. The van der Waals surface area contributed by atoms with E-state index in [1.165, 1.54) is 6.41 Å². The van der Waals surface area contributed by atoms with Gasteiger partial charge in [-0.15, -0.1) is 0 Å². The van der Waals surface area contributed by atoms with Crippen molar-refractivity contribution in [3.63, 3.8) is 0 Å². The Morgan fingerprint density at radius 3 is 2.53 bits per heavy atom. The zero-order chi connectivity index (χ0) is 11.0. The summed E-state index contributed by atoms with van der Waals surface area (Å²) in [6.45, 7) is 0.340. The Balaban J connectivity index is 0. The Morgan fingerprint density at radius 2 is 2.13 bits per heavy atom. The summed E-state index contributed by atoms with van der Waals surface area (Å²) in [5, 5.41) is 10.6. The molecule has 8 heteroatoms. The van der Waals surface area contributed by atoms with Gasteiger partial charge in [-0.2, -0.15) is 6.41 Å². The normalized spacial score (nSPS) is 10.7. The second-order valence-corrected chi connectivity index (χ2v) is 2.59. The molecule has 0 fully saturated rings. The van der Waals surface area contributed by atoms with E-state index in [1.807, 2.05) is 0 Å². The third kappa shape index (κ3) is 10.3. The van der Waals surface area contributed by atoms with Crippen LogP contribution >= 0.6 is 0 Å². The SMILES string of the molecule is NC(N)=NCCCC(N[C-]=O)C(=O)O.[Rb+]. The van der Waals surface area contributed by atoms with E-state index in [-0.39, 0.29) is 70.6 Å². The van der Waals surface area contributed by atoms with E-state index in [0.29, 0.717) is 13.0 Å². The first-order valence-electron chi connectivity index (χ1n) is 3.98. The third-order valence-corrected chi connectivity index (χ3v) is 1.48. The molecule has 7 nitrogen and oxygen atoms in total. The fraction of sp³-hybridized carbons (Fsp3) is 0.571. The Kier molecular flexibility index (Phi) is 12.2. The fourth-order valence-electron chi connectivity index (χ4n) is 0.832. The molecule has 0 aliphatic carbocycles. The quantitative estimate of drug-likeness (QED) is 0.123. The molecule has 0 saturated heterocycles. The van der Waals surface area contributed by atoms with E-state index in [9.17, 15) is 9.59 Å². The van der Waals surface area contributed by atoms with Crippen LogP contribution in [0.4, 0.5) is 0 Å². The van der Waals surface area contributed by atoms with Gasteiger partial charge in [-0.25, -0.2) is 0 Å². The van der Waals surface area contributed by atoms with Crippen molar-refractivity contribution in [2.45, 2.75) is 18.9 Å². The van der Waals surface area contributed by atoms with Crippen molar-refractivity contribution >= 4 is 18.3 Å². The maximum Gasteiger partial charge on any atom is 1.00 e. The molecule has 0 saturated carbocycles. The predicted octanol–water partition coefficient (Wildman–Crippen LogP) is -4.85. The minimum Gasteiger partial charge on any atom is -0.520 e. The van der Waals surface area contributed by atoms with E-state index in [1.54, 1.807) is 0 Å². The van der Waals surface area contributed by atoms with Crippen LogP contribution in [-0.4, -0.2) is 36.0 Å². The Morgan fingerprint density at radius 1 is 1.53 bits per heavy atom. The predicted molar refractivity (Wildman–Crippen MR) is 50.2 cm³/mol. The topological polar surface area (TPSA) is 131 Å². The standard InChI is InChI=1S/C7H13N4O3.Rb/c8-7(9)10-3-1-2-5(6(13)14)11-4-12;/h5H,1-3H2,(H,11,12)(H,13,14)(H4,8,9,10);/q-1;+1. The number of guanidine groups is 1. The second-order valence-electron chi connectivity index (χ2n) is 2.59. The summed E-state index contributed by atoms with van der Waals surface area (Å²) in [5.74, 6) is -1.13. The van der Waals surface area contributed by atoms with E-state index in [2.05, 4.69) is 10.3 Å². The van der Waals surface area contributed by atoms with Crippen molar-refractivity contribution in [1.82, 2.24) is 5.32 Å². The van der Waals surface area contributed by atoms with Crippen molar-refractivity contribution in [3.05, 3.63) is 0 Å². The third-order valence-electron chi connectivity index (χ3n) is 1.48. The molecule has 1 atom stereocenters. The van der Waals surface area contributed by atoms with Gasteiger partial charge in [0.1, 0.15) is 0 Å². The number of carboxylic acid groups (broad SMARTS) is 1. The van der Waals surface area contributed by atoms with Gasteiger partial charge in [-0.1, -0.05) is 0 Å². The number of hydrogen-bond acceptors (Lipinski definition) is 3. The van der Waals surface area contributed by atoms with Gasteiger partial charge < -0.3 is 26.7 Å². The number of nitrogens with zero attached hydrogens (tertiary/aromatic N) is 1. The van der Waals surface area contributed by atoms with Crippen molar-refractivity contribution in [2.75, 3.05) is 6.54 Å². The van der Waals surface area contributed by atoms with Crippen LogP contribution in [0.3, 0.4) is 0 Å². The van der Waals surface area contributed by atoms with Gasteiger partial charge in [-0.3, -0.25) is 9.79 Å². The number of amides is 1. The van der Waals surface area contributed by atoms with E-state index in [4.69, 9.17) is 16.6 Å². The van der Waals surface area contributed by atoms with Gasteiger partial charge in [-0.05, 0) is 12.8 Å². The molecule has 15 heavy (non-hydrogen) atoms. The number of rotatable bonds is 7. The van der Waals surface area contributed by atoms with E-state index in [0.717, 1.165) is 0 Å². The smallest absolute Gasteiger partial charge is 0.520 e. The number of hydrogen-bond donors (Lipinski definition) is 4. The summed E-state index contributed by atoms with van der Waals surface area (Å²) in [7, 11) is 0. The Bertz CT molecular complexity index is 230. The largest absolute Gasteiger partial charge is 1.00 e. The molecule has 0 radical (unpaired) electrons. The summed E-state index contributed by atoms with van der Waals surface area (Å²) in [4.78, 5) is 24.1. The molecule has 0 aliphatic rings. The molecule has 1 unspecified atom stereocenters. The molecule has 0 spiro atoms. The molecular formula is C7H13N4O3Rb. The number of nitrogens with one attached hydrogen (secondary N) is 1. The zero-order valence-corrected chi connectivity index (χ0v) is 13.5. The maximum atomic E-state index is 10.5. The molecule has 6 N–H and O–H groups in total. The minimum atomic E-state index is -1.10. The molecule has 0 aromatic heterocycles. The molecule has 80 valence electrons. The number of aliphatic carboxylic acids is 1. The molecular weight excluding hydrogens is 274 g/mol. The summed E-state index contributed by atoms with van der Waals surface area (Å²) in [6.07, 6.45) is 2.07. The fourth-order valence-corrected chi connectivity index (χ4v) is 0.832. The van der Waals surface area contributed by atoms with Gasteiger partial charge in [0.05, 0.1) is 6.04 Å². The summed E-state index contributed by atoms with van der Waals surface area (Å²) < 4.78 is 0. The molecule has 0 bridgehead atoms. The van der Waals surface area contributed by atoms with E-state index < -0.39 is 12.0 Å². The molecule has 0 aliphatic heterocycles. The Labute approximate surface area is 136 Å². The van der Waals surface area contributed by atoms with Gasteiger partial charge in [0, 0.05) is 6.54 Å². The van der Waals surface area contributed by atoms with Crippen LogP contribution in [0.15, 0.2) is 4.99 Å². The number of carbonyl (C=O) groups excluding carboxylic acids is 1. The van der Waals surface area contributed by atoms with Crippen molar-refractivity contribution in [3.8, 4) is 0 Å². The monoisotopic (exact) mass is 286 g/mol. The van der Waals surface area contributed by atoms with Crippen molar-refractivity contribution in [1.29, 1.82) is 0 Å². The number of carboxylic acids is 1. The Hall–Kier alpha value is 0.0152. The van der Waals surface area contributed by atoms with E-state index >= 15 is 0 Å². The molecule has 0 aromatic carbocycles. The molecule has 0 heterocycles. The van der Waals surface area contributed by atoms with Crippen LogP contribution in [0.2, 0.25) is 0 Å². The average Bonchev–Trinajstić information content (AvgIpc) is 2.09. The van der Waals surface area contributed by atoms with Gasteiger partial charge in [0.15, 0.2) is 5.96 Å². The molecule has 0 aromatic rings. The van der Waals surface area contributed by atoms with Gasteiger partial charge >= 0.3 is 64.2 Å². The van der Waals surface area contributed by atoms with Crippen LogP contribution in [0.5, 0.6) is 0 Å². The van der Waals surface area contributed by atoms with Gasteiger partial charge in [0.2, 0.25) is 0 Å². The molecule has 1 amide bonds.